The van der Waals surface area contributed by atoms with Crippen LogP contribution in [-0.4, -0.2) is 38.1 Å². The molecule has 0 unspecified atom stereocenters. The highest BCUT2D eigenvalue weighted by Crippen LogP contribution is 2.19. The Balaban J connectivity index is 1.65. The third-order valence-corrected chi connectivity index (χ3v) is 4.67. The van der Waals surface area contributed by atoms with E-state index in [-0.39, 0.29) is 11.8 Å². The predicted octanol–water partition coefficient (Wildman–Crippen LogP) is 2.41. The van der Waals surface area contributed by atoms with Crippen LogP contribution < -0.4 is 10.6 Å². The molecule has 1 amide bonds. The maximum Gasteiger partial charge on any atom is 0.226 e. The SMILES string of the molecule is CC(C)(CCl)C(=O)NCCn1ncc2c(NCc3ccco3)ncnc21. The summed E-state index contributed by atoms with van der Waals surface area (Å²) in [4.78, 5) is 20.6. The highest BCUT2D eigenvalue weighted by molar-refractivity contribution is 6.19. The van der Waals surface area contributed by atoms with Crippen LogP contribution in [-0.2, 0) is 17.9 Å². The molecule has 26 heavy (non-hydrogen) atoms. The average Bonchev–Trinajstić information content (AvgIpc) is 3.30. The van der Waals surface area contributed by atoms with E-state index in [1.807, 2.05) is 26.0 Å². The second kappa shape index (κ2) is 7.74. The Labute approximate surface area is 155 Å². The third-order valence-electron chi connectivity index (χ3n) is 4.00. The third kappa shape index (κ3) is 3.96. The van der Waals surface area contributed by atoms with Crippen LogP contribution in [0.15, 0.2) is 35.3 Å². The minimum atomic E-state index is -0.598. The molecule has 2 N–H and O–H groups in total. The van der Waals surface area contributed by atoms with E-state index >= 15 is 0 Å². The van der Waals surface area contributed by atoms with Gasteiger partial charge in [-0.2, -0.15) is 5.10 Å². The van der Waals surface area contributed by atoms with Crippen molar-refractivity contribution in [1.29, 1.82) is 0 Å². The van der Waals surface area contributed by atoms with Crippen molar-refractivity contribution >= 4 is 34.4 Å². The van der Waals surface area contributed by atoms with Crippen LogP contribution >= 0.6 is 11.6 Å². The molecular formula is C17H21ClN6O2. The Morgan fingerprint density at radius 2 is 2.23 bits per heavy atom. The molecule has 3 aromatic rings. The number of rotatable bonds is 8. The van der Waals surface area contributed by atoms with E-state index < -0.39 is 5.41 Å². The van der Waals surface area contributed by atoms with Crippen molar-refractivity contribution in [1.82, 2.24) is 25.1 Å². The summed E-state index contributed by atoms with van der Waals surface area (Å²) >= 11 is 5.82. The Morgan fingerprint density at radius 3 is 2.96 bits per heavy atom. The monoisotopic (exact) mass is 376 g/mol. The average molecular weight is 377 g/mol. The highest BCUT2D eigenvalue weighted by Gasteiger charge is 2.25. The van der Waals surface area contributed by atoms with Crippen molar-refractivity contribution in [2.24, 2.45) is 5.41 Å². The van der Waals surface area contributed by atoms with E-state index in [2.05, 4.69) is 25.7 Å². The Hall–Kier alpha value is -2.61. The lowest BCUT2D eigenvalue weighted by atomic mass is 9.95. The van der Waals surface area contributed by atoms with Crippen molar-refractivity contribution in [2.45, 2.75) is 26.9 Å². The zero-order chi connectivity index (χ0) is 18.6. The van der Waals surface area contributed by atoms with Crippen molar-refractivity contribution in [3.63, 3.8) is 0 Å². The van der Waals surface area contributed by atoms with Gasteiger partial charge in [0.1, 0.15) is 17.9 Å². The second-order valence-corrected chi connectivity index (χ2v) is 6.80. The number of fused-ring (bicyclic) bond motifs is 1. The molecule has 0 saturated carbocycles. The van der Waals surface area contributed by atoms with E-state index in [0.29, 0.717) is 31.1 Å². The van der Waals surface area contributed by atoms with Crippen LogP contribution in [0.4, 0.5) is 5.82 Å². The van der Waals surface area contributed by atoms with Crippen LogP contribution in [0.1, 0.15) is 19.6 Å². The van der Waals surface area contributed by atoms with Crippen molar-refractivity contribution in [3.05, 3.63) is 36.7 Å². The molecule has 9 heteroatoms. The lowest BCUT2D eigenvalue weighted by molar-refractivity contribution is -0.128. The van der Waals surface area contributed by atoms with E-state index in [1.54, 1.807) is 17.1 Å². The van der Waals surface area contributed by atoms with Gasteiger partial charge in [-0.3, -0.25) is 4.79 Å². The Bertz CT molecular complexity index is 875. The fourth-order valence-corrected chi connectivity index (χ4v) is 2.48. The first-order valence-electron chi connectivity index (χ1n) is 8.28. The molecule has 3 aromatic heterocycles. The molecule has 0 spiro atoms. The molecule has 8 nitrogen and oxygen atoms in total. The van der Waals surface area contributed by atoms with Gasteiger partial charge in [-0.05, 0) is 26.0 Å². The molecule has 0 fully saturated rings. The van der Waals surface area contributed by atoms with E-state index in [9.17, 15) is 4.79 Å². The van der Waals surface area contributed by atoms with Crippen molar-refractivity contribution in [3.8, 4) is 0 Å². The molecule has 3 heterocycles. The topological polar surface area (TPSA) is 97.9 Å². The normalized spacial score (nSPS) is 11.7. The summed E-state index contributed by atoms with van der Waals surface area (Å²) in [5, 5.41) is 11.3. The van der Waals surface area contributed by atoms with E-state index in [0.717, 1.165) is 11.1 Å². The first-order valence-corrected chi connectivity index (χ1v) is 8.82. The van der Waals surface area contributed by atoms with Gasteiger partial charge in [0.05, 0.1) is 36.4 Å². The molecule has 138 valence electrons. The van der Waals surface area contributed by atoms with Gasteiger partial charge in [0.2, 0.25) is 5.91 Å². The van der Waals surface area contributed by atoms with Crippen LogP contribution in [0.5, 0.6) is 0 Å². The minimum absolute atomic E-state index is 0.0839. The van der Waals surface area contributed by atoms with Gasteiger partial charge in [0.15, 0.2) is 5.65 Å². The molecule has 0 aromatic carbocycles. The van der Waals surface area contributed by atoms with Crippen LogP contribution in [0.2, 0.25) is 0 Å². The standard InChI is InChI=1S/C17H21ClN6O2/c1-17(2,10-18)16(25)19-5-6-24-15-13(9-23-24)14(21-11-22-15)20-8-12-4-3-7-26-12/h3-4,7,9,11H,5-6,8,10H2,1-2H3,(H,19,25)(H,20,21,22). The number of nitrogens with zero attached hydrogens (tertiary/aromatic N) is 4. The van der Waals surface area contributed by atoms with Crippen molar-refractivity contribution in [2.75, 3.05) is 17.7 Å². The lowest BCUT2D eigenvalue weighted by Gasteiger charge is -2.20. The Kier molecular flexibility index (Phi) is 5.41. The van der Waals surface area contributed by atoms with Gasteiger partial charge < -0.3 is 15.1 Å². The Morgan fingerprint density at radius 1 is 1.38 bits per heavy atom. The van der Waals surface area contributed by atoms with Crippen LogP contribution in [0.3, 0.4) is 0 Å². The first-order chi connectivity index (χ1) is 12.5. The van der Waals surface area contributed by atoms with Gasteiger partial charge in [0.25, 0.3) is 0 Å². The molecule has 0 aliphatic rings. The predicted molar refractivity (Wildman–Crippen MR) is 98.9 cm³/mol. The number of halogens is 1. The number of carbonyl (C=O) groups excluding carboxylic acids is 1. The zero-order valence-electron chi connectivity index (χ0n) is 14.7. The summed E-state index contributed by atoms with van der Waals surface area (Å²) in [6, 6.07) is 3.73. The van der Waals surface area contributed by atoms with Gasteiger partial charge in [0, 0.05) is 12.4 Å². The van der Waals surface area contributed by atoms with Crippen LogP contribution in [0, 0.1) is 5.41 Å². The van der Waals surface area contributed by atoms with Gasteiger partial charge in [-0.25, -0.2) is 14.6 Å². The molecule has 0 bridgehead atoms. The minimum Gasteiger partial charge on any atom is -0.467 e. The highest BCUT2D eigenvalue weighted by atomic mass is 35.5. The summed E-state index contributed by atoms with van der Waals surface area (Å²) in [6.45, 7) is 5.08. The fourth-order valence-electron chi connectivity index (χ4n) is 2.36. The van der Waals surface area contributed by atoms with Crippen molar-refractivity contribution < 1.29 is 9.21 Å². The molecule has 0 radical (unpaired) electrons. The number of alkyl halides is 1. The number of amides is 1. The number of carbonyl (C=O) groups is 1. The molecule has 3 rings (SSSR count). The lowest BCUT2D eigenvalue weighted by Crippen LogP contribution is -2.39. The maximum atomic E-state index is 12.1. The maximum absolute atomic E-state index is 12.1. The van der Waals surface area contributed by atoms with Gasteiger partial charge in [-0.1, -0.05) is 0 Å². The fraction of sp³-hybridized carbons (Fsp3) is 0.412. The van der Waals surface area contributed by atoms with Crippen LogP contribution in [0.25, 0.3) is 11.0 Å². The zero-order valence-corrected chi connectivity index (χ0v) is 15.5. The van der Waals surface area contributed by atoms with Gasteiger partial charge >= 0.3 is 0 Å². The van der Waals surface area contributed by atoms with E-state index in [4.69, 9.17) is 16.0 Å². The van der Waals surface area contributed by atoms with Gasteiger partial charge in [-0.15, -0.1) is 11.6 Å². The molecule has 0 aliphatic carbocycles. The quantitative estimate of drug-likeness (QED) is 0.586. The largest absolute Gasteiger partial charge is 0.467 e. The molecule has 0 atom stereocenters. The summed E-state index contributed by atoms with van der Waals surface area (Å²) < 4.78 is 7.05. The number of aromatic nitrogens is 4. The number of anilines is 1. The smallest absolute Gasteiger partial charge is 0.226 e. The number of hydrogen-bond acceptors (Lipinski definition) is 6. The van der Waals surface area contributed by atoms with E-state index in [1.165, 1.54) is 6.33 Å². The summed E-state index contributed by atoms with van der Waals surface area (Å²) in [5.41, 5.74) is 0.103. The summed E-state index contributed by atoms with van der Waals surface area (Å²) in [7, 11) is 0. The number of hydrogen-bond donors (Lipinski definition) is 2. The number of nitrogens with one attached hydrogen (secondary N) is 2. The summed E-state index contributed by atoms with van der Waals surface area (Å²) in [5.74, 6) is 1.68. The number of furan rings is 1. The molecule has 0 saturated heterocycles. The second-order valence-electron chi connectivity index (χ2n) is 6.53. The summed E-state index contributed by atoms with van der Waals surface area (Å²) in [6.07, 6.45) is 4.83. The molecular weight excluding hydrogens is 356 g/mol. The first kappa shape index (κ1) is 18.2. The molecule has 0 aliphatic heterocycles.